The number of hydrogen-bond donors (Lipinski definition) is 0. The minimum absolute atomic E-state index is 0.0296. The molecule has 0 atom stereocenters. The van der Waals surface area contributed by atoms with Crippen molar-refractivity contribution in [2.45, 2.75) is 44.6 Å². The Morgan fingerprint density at radius 2 is 1.35 bits per heavy atom. The average Bonchev–Trinajstić information content (AvgIpc) is 3.38. The molecule has 0 bridgehead atoms. The predicted molar refractivity (Wildman–Crippen MR) is 119 cm³/mol. The van der Waals surface area contributed by atoms with Gasteiger partial charge < -0.3 is 19.3 Å². The van der Waals surface area contributed by atoms with Crippen LogP contribution in [0.3, 0.4) is 0 Å². The second-order valence-electron chi connectivity index (χ2n) is 8.97. The van der Waals surface area contributed by atoms with Crippen molar-refractivity contribution in [3.63, 3.8) is 0 Å². The van der Waals surface area contributed by atoms with Crippen LogP contribution < -0.4 is 9.47 Å². The van der Waals surface area contributed by atoms with Crippen molar-refractivity contribution < 1.29 is 19.1 Å². The van der Waals surface area contributed by atoms with Crippen LogP contribution in [0.5, 0.6) is 11.5 Å². The SMILES string of the molecule is COc1cc(OC)cc(C(=O)N2CCC(C(=O)N3CCN(C4CCCC4)CC3)CC2)c1. The molecular formula is C24H35N3O4. The quantitative estimate of drug-likeness (QED) is 0.720. The summed E-state index contributed by atoms with van der Waals surface area (Å²) < 4.78 is 10.6. The van der Waals surface area contributed by atoms with Gasteiger partial charge in [0.2, 0.25) is 5.91 Å². The van der Waals surface area contributed by atoms with Gasteiger partial charge in [-0.15, -0.1) is 0 Å². The zero-order valence-electron chi connectivity index (χ0n) is 18.8. The second kappa shape index (κ2) is 9.90. The van der Waals surface area contributed by atoms with Gasteiger partial charge in [0.15, 0.2) is 0 Å². The zero-order chi connectivity index (χ0) is 21.8. The lowest BCUT2D eigenvalue weighted by atomic mass is 9.94. The van der Waals surface area contributed by atoms with Crippen LogP contribution in [0.15, 0.2) is 18.2 Å². The Bertz CT molecular complexity index is 755. The molecule has 0 unspecified atom stereocenters. The molecule has 1 saturated carbocycles. The van der Waals surface area contributed by atoms with Gasteiger partial charge in [0.05, 0.1) is 14.2 Å². The number of carbonyl (C=O) groups is 2. The molecule has 0 aromatic heterocycles. The van der Waals surface area contributed by atoms with Gasteiger partial charge in [0.1, 0.15) is 11.5 Å². The molecule has 4 rings (SSSR count). The van der Waals surface area contributed by atoms with Crippen LogP contribution in [0.1, 0.15) is 48.9 Å². The molecule has 2 amide bonds. The number of likely N-dealkylation sites (tertiary alicyclic amines) is 1. The first-order valence-electron chi connectivity index (χ1n) is 11.6. The highest BCUT2D eigenvalue weighted by Crippen LogP contribution is 2.27. The lowest BCUT2D eigenvalue weighted by molar-refractivity contribution is -0.139. The fourth-order valence-corrected chi connectivity index (χ4v) is 5.28. The number of hydrogen-bond acceptors (Lipinski definition) is 5. The van der Waals surface area contributed by atoms with E-state index in [1.54, 1.807) is 32.4 Å². The molecule has 0 N–H and O–H groups in total. The standard InChI is InChI=1S/C24H35N3O4/c1-30-21-15-19(16-22(17-21)31-2)24(29)26-9-7-18(8-10-26)23(28)27-13-11-25(12-14-27)20-5-3-4-6-20/h15-18,20H,3-14H2,1-2H3. The minimum Gasteiger partial charge on any atom is -0.497 e. The smallest absolute Gasteiger partial charge is 0.254 e. The van der Waals surface area contributed by atoms with Gasteiger partial charge in [-0.3, -0.25) is 14.5 Å². The fourth-order valence-electron chi connectivity index (χ4n) is 5.28. The second-order valence-corrected chi connectivity index (χ2v) is 8.97. The molecule has 0 radical (unpaired) electrons. The Labute approximate surface area is 185 Å². The summed E-state index contributed by atoms with van der Waals surface area (Å²) in [5.74, 6) is 1.48. The lowest BCUT2D eigenvalue weighted by Crippen LogP contribution is -2.53. The van der Waals surface area contributed by atoms with E-state index in [0.29, 0.717) is 30.2 Å². The number of piperazine rings is 1. The number of methoxy groups -OCH3 is 2. The third-order valence-electron chi connectivity index (χ3n) is 7.20. The molecule has 31 heavy (non-hydrogen) atoms. The fraction of sp³-hybridized carbons (Fsp3) is 0.667. The minimum atomic E-state index is -0.0340. The average molecular weight is 430 g/mol. The Hall–Kier alpha value is -2.28. The monoisotopic (exact) mass is 429 g/mol. The van der Waals surface area contributed by atoms with E-state index < -0.39 is 0 Å². The Morgan fingerprint density at radius 3 is 1.90 bits per heavy atom. The molecule has 0 spiro atoms. The number of carbonyl (C=O) groups excluding carboxylic acids is 2. The molecule has 2 heterocycles. The summed E-state index contributed by atoms with van der Waals surface area (Å²) in [4.78, 5) is 32.5. The number of amides is 2. The summed E-state index contributed by atoms with van der Waals surface area (Å²) in [6.07, 6.45) is 6.80. The third kappa shape index (κ3) is 4.97. The highest BCUT2D eigenvalue weighted by atomic mass is 16.5. The summed E-state index contributed by atoms with van der Waals surface area (Å²) in [6, 6.07) is 5.98. The molecular weight excluding hydrogens is 394 g/mol. The molecule has 7 heteroatoms. The van der Waals surface area contributed by atoms with Crippen molar-refractivity contribution in [1.29, 1.82) is 0 Å². The molecule has 1 aromatic rings. The normalized spacial score (nSPS) is 21.4. The molecule has 3 fully saturated rings. The summed E-state index contributed by atoms with van der Waals surface area (Å²) in [7, 11) is 3.15. The van der Waals surface area contributed by atoms with Crippen LogP contribution in [0.25, 0.3) is 0 Å². The number of nitrogens with zero attached hydrogens (tertiary/aromatic N) is 3. The Kier molecular flexibility index (Phi) is 7.00. The van der Waals surface area contributed by atoms with E-state index in [4.69, 9.17) is 9.47 Å². The summed E-state index contributed by atoms with van der Waals surface area (Å²) in [6.45, 7) is 4.92. The van der Waals surface area contributed by atoms with Gasteiger partial charge in [-0.25, -0.2) is 0 Å². The molecule has 7 nitrogen and oxygen atoms in total. The van der Waals surface area contributed by atoms with Crippen molar-refractivity contribution in [1.82, 2.24) is 14.7 Å². The van der Waals surface area contributed by atoms with E-state index in [1.807, 2.05) is 4.90 Å². The van der Waals surface area contributed by atoms with Crippen LogP contribution >= 0.6 is 0 Å². The van der Waals surface area contributed by atoms with E-state index in [1.165, 1.54) is 25.7 Å². The lowest BCUT2D eigenvalue weighted by Gasteiger charge is -2.40. The summed E-state index contributed by atoms with van der Waals surface area (Å²) in [5, 5.41) is 0. The van der Waals surface area contributed by atoms with Gasteiger partial charge in [0.25, 0.3) is 5.91 Å². The van der Waals surface area contributed by atoms with Gasteiger partial charge in [-0.1, -0.05) is 12.8 Å². The topological polar surface area (TPSA) is 62.3 Å². The molecule has 2 aliphatic heterocycles. The maximum Gasteiger partial charge on any atom is 0.254 e. The van der Waals surface area contributed by atoms with Crippen LogP contribution in [-0.2, 0) is 4.79 Å². The van der Waals surface area contributed by atoms with Gasteiger partial charge in [0, 0.05) is 62.9 Å². The molecule has 3 aliphatic rings. The maximum atomic E-state index is 13.1. The first-order valence-corrected chi connectivity index (χ1v) is 11.6. The number of piperidine rings is 1. The van der Waals surface area contributed by atoms with Gasteiger partial charge in [-0.2, -0.15) is 0 Å². The number of benzene rings is 1. The number of ether oxygens (including phenoxy) is 2. The van der Waals surface area contributed by atoms with Gasteiger partial charge >= 0.3 is 0 Å². The van der Waals surface area contributed by atoms with E-state index in [-0.39, 0.29) is 17.7 Å². The molecule has 1 aliphatic carbocycles. The van der Waals surface area contributed by atoms with Crippen LogP contribution in [0.4, 0.5) is 0 Å². The van der Waals surface area contributed by atoms with E-state index in [2.05, 4.69) is 9.80 Å². The van der Waals surface area contributed by atoms with Crippen molar-refractivity contribution in [2.75, 3.05) is 53.5 Å². The Morgan fingerprint density at radius 1 is 0.774 bits per heavy atom. The van der Waals surface area contributed by atoms with Crippen LogP contribution in [-0.4, -0.2) is 86.0 Å². The number of rotatable bonds is 5. The van der Waals surface area contributed by atoms with E-state index >= 15 is 0 Å². The van der Waals surface area contributed by atoms with Gasteiger partial charge in [-0.05, 0) is 37.8 Å². The first kappa shape index (κ1) is 21.9. The van der Waals surface area contributed by atoms with Crippen molar-refractivity contribution in [2.24, 2.45) is 5.92 Å². The largest absolute Gasteiger partial charge is 0.497 e. The van der Waals surface area contributed by atoms with Crippen LogP contribution in [0.2, 0.25) is 0 Å². The third-order valence-corrected chi connectivity index (χ3v) is 7.20. The van der Waals surface area contributed by atoms with E-state index in [9.17, 15) is 9.59 Å². The van der Waals surface area contributed by atoms with Crippen molar-refractivity contribution in [3.8, 4) is 11.5 Å². The molecule has 170 valence electrons. The van der Waals surface area contributed by atoms with E-state index in [0.717, 1.165) is 45.1 Å². The van der Waals surface area contributed by atoms with Crippen LogP contribution in [0, 0.1) is 5.92 Å². The van der Waals surface area contributed by atoms with Crippen molar-refractivity contribution >= 4 is 11.8 Å². The highest BCUT2D eigenvalue weighted by molar-refractivity contribution is 5.95. The first-order chi connectivity index (χ1) is 15.1. The predicted octanol–water partition coefficient (Wildman–Crippen LogP) is 2.64. The summed E-state index contributed by atoms with van der Waals surface area (Å²) in [5.41, 5.74) is 0.559. The molecule has 1 aromatic carbocycles. The maximum absolute atomic E-state index is 13.1. The molecule has 2 saturated heterocycles. The highest BCUT2D eigenvalue weighted by Gasteiger charge is 2.33. The Balaban J connectivity index is 1.28. The van der Waals surface area contributed by atoms with Crippen molar-refractivity contribution in [3.05, 3.63) is 23.8 Å². The summed E-state index contributed by atoms with van der Waals surface area (Å²) >= 11 is 0. The zero-order valence-corrected chi connectivity index (χ0v) is 18.8.